The standard InChI is InChI=1S/C16H17BrFNO2/c1-9-4-5-10(6-13(9)18)16(19)11-7-14(20-2)15(21-3)8-12(11)17/h4-8,16H,19H2,1-3H3. The van der Waals surface area contributed by atoms with Crippen molar-refractivity contribution in [2.75, 3.05) is 14.2 Å². The highest BCUT2D eigenvalue weighted by molar-refractivity contribution is 9.10. The summed E-state index contributed by atoms with van der Waals surface area (Å²) < 4.78 is 25.0. The van der Waals surface area contributed by atoms with Crippen LogP contribution in [0.15, 0.2) is 34.8 Å². The van der Waals surface area contributed by atoms with Gasteiger partial charge in [0.15, 0.2) is 11.5 Å². The van der Waals surface area contributed by atoms with Crippen molar-refractivity contribution in [3.05, 3.63) is 57.3 Å². The molecule has 0 aliphatic heterocycles. The van der Waals surface area contributed by atoms with Gasteiger partial charge in [0, 0.05) is 4.47 Å². The minimum Gasteiger partial charge on any atom is -0.493 e. The SMILES string of the molecule is COc1cc(Br)c(C(N)c2ccc(C)c(F)c2)cc1OC. The van der Waals surface area contributed by atoms with Gasteiger partial charge in [-0.15, -0.1) is 0 Å². The zero-order valence-electron chi connectivity index (χ0n) is 12.1. The number of methoxy groups -OCH3 is 2. The van der Waals surface area contributed by atoms with E-state index in [9.17, 15) is 4.39 Å². The molecule has 0 fully saturated rings. The Kier molecular flexibility index (Phi) is 4.85. The lowest BCUT2D eigenvalue weighted by Crippen LogP contribution is -2.13. The van der Waals surface area contributed by atoms with Gasteiger partial charge in [0.05, 0.1) is 20.3 Å². The third-order valence-electron chi connectivity index (χ3n) is 3.39. The Bertz CT molecular complexity index is 661. The van der Waals surface area contributed by atoms with Gasteiger partial charge in [-0.1, -0.05) is 28.1 Å². The molecule has 0 saturated heterocycles. The van der Waals surface area contributed by atoms with Gasteiger partial charge in [-0.05, 0) is 41.8 Å². The fraction of sp³-hybridized carbons (Fsp3) is 0.250. The number of aryl methyl sites for hydroxylation is 1. The largest absolute Gasteiger partial charge is 0.493 e. The smallest absolute Gasteiger partial charge is 0.161 e. The van der Waals surface area contributed by atoms with E-state index in [0.29, 0.717) is 22.6 Å². The molecule has 5 heteroatoms. The van der Waals surface area contributed by atoms with Crippen LogP contribution in [-0.4, -0.2) is 14.2 Å². The van der Waals surface area contributed by atoms with E-state index < -0.39 is 6.04 Å². The molecule has 1 unspecified atom stereocenters. The van der Waals surface area contributed by atoms with E-state index in [2.05, 4.69) is 15.9 Å². The maximum absolute atomic E-state index is 13.7. The lowest BCUT2D eigenvalue weighted by Gasteiger charge is -2.18. The summed E-state index contributed by atoms with van der Waals surface area (Å²) in [6, 6.07) is 8.13. The van der Waals surface area contributed by atoms with Gasteiger partial charge in [0.2, 0.25) is 0 Å². The van der Waals surface area contributed by atoms with Crippen molar-refractivity contribution >= 4 is 15.9 Å². The molecule has 0 aliphatic carbocycles. The summed E-state index contributed by atoms with van der Waals surface area (Å²) in [5.74, 6) is 0.925. The second kappa shape index (κ2) is 6.45. The Balaban J connectivity index is 2.47. The van der Waals surface area contributed by atoms with Gasteiger partial charge in [-0.3, -0.25) is 0 Å². The number of hydrogen-bond donors (Lipinski definition) is 1. The van der Waals surface area contributed by atoms with Crippen molar-refractivity contribution in [3.63, 3.8) is 0 Å². The van der Waals surface area contributed by atoms with Crippen molar-refractivity contribution in [1.29, 1.82) is 0 Å². The first-order chi connectivity index (χ1) is 9.97. The highest BCUT2D eigenvalue weighted by Gasteiger charge is 2.17. The highest BCUT2D eigenvalue weighted by Crippen LogP contribution is 2.37. The zero-order valence-corrected chi connectivity index (χ0v) is 13.7. The number of rotatable bonds is 4. The Morgan fingerprint density at radius 1 is 1.10 bits per heavy atom. The summed E-state index contributed by atoms with van der Waals surface area (Å²) in [6.45, 7) is 1.72. The third-order valence-corrected chi connectivity index (χ3v) is 4.08. The van der Waals surface area contributed by atoms with Gasteiger partial charge < -0.3 is 15.2 Å². The van der Waals surface area contributed by atoms with Crippen LogP contribution < -0.4 is 15.2 Å². The molecule has 0 amide bonds. The molecule has 3 nitrogen and oxygen atoms in total. The summed E-state index contributed by atoms with van der Waals surface area (Å²) in [5.41, 5.74) is 8.35. The molecule has 0 heterocycles. The van der Waals surface area contributed by atoms with Gasteiger partial charge in [-0.2, -0.15) is 0 Å². The lowest BCUT2D eigenvalue weighted by atomic mass is 9.98. The Labute approximate surface area is 132 Å². The van der Waals surface area contributed by atoms with Crippen molar-refractivity contribution in [3.8, 4) is 11.5 Å². The molecule has 0 aromatic heterocycles. The quantitative estimate of drug-likeness (QED) is 0.904. The van der Waals surface area contributed by atoms with Crippen LogP contribution in [0.4, 0.5) is 4.39 Å². The summed E-state index contributed by atoms with van der Waals surface area (Å²) in [4.78, 5) is 0. The first-order valence-electron chi connectivity index (χ1n) is 6.41. The van der Waals surface area contributed by atoms with Gasteiger partial charge >= 0.3 is 0 Å². The number of ether oxygens (including phenoxy) is 2. The zero-order chi connectivity index (χ0) is 15.6. The first kappa shape index (κ1) is 15.8. The second-order valence-electron chi connectivity index (χ2n) is 4.71. The Morgan fingerprint density at radius 2 is 1.71 bits per heavy atom. The molecule has 1 atom stereocenters. The second-order valence-corrected chi connectivity index (χ2v) is 5.57. The molecule has 0 radical (unpaired) electrons. The number of hydrogen-bond acceptors (Lipinski definition) is 3. The fourth-order valence-corrected chi connectivity index (χ4v) is 2.66. The first-order valence-corrected chi connectivity index (χ1v) is 7.20. The molecule has 0 aliphatic rings. The fourth-order valence-electron chi connectivity index (χ4n) is 2.09. The van der Waals surface area contributed by atoms with Crippen LogP contribution in [0.1, 0.15) is 22.7 Å². The van der Waals surface area contributed by atoms with Crippen molar-refractivity contribution < 1.29 is 13.9 Å². The van der Waals surface area contributed by atoms with E-state index in [1.165, 1.54) is 6.07 Å². The van der Waals surface area contributed by atoms with Crippen molar-refractivity contribution in [2.45, 2.75) is 13.0 Å². The monoisotopic (exact) mass is 353 g/mol. The van der Waals surface area contributed by atoms with E-state index in [1.807, 2.05) is 6.07 Å². The summed E-state index contributed by atoms with van der Waals surface area (Å²) in [6.07, 6.45) is 0. The molecular weight excluding hydrogens is 337 g/mol. The van der Waals surface area contributed by atoms with E-state index >= 15 is 0 Å². The molecule has 2 rings (SSSR count). The summed E-state index contributed by atoms with van der Waals surface area (Å²) >= 11 is 3.47. The summed E-state index contributed by atoms with van der Waals surface area (Å²) in [5, 5.41) is 0. The average molecular weight is 354 g/mol. The van der Waals surface area contributed by atoms with E-state index in [4.69, 9.17) is 15.2 Å². The minimum absolute atomic E-state index is 0.264. The maximum atomic E-state index is 13.7. The van der Waals surface area contributed by atoms with Gasteiger partial charge in [0.25, 0.3) is 0 Å². The topological polar surface area (TPSA) is 44.5 Å². The van der Waals surface area contributed by atoms with Crippen LogP contribution in [-0.2, 0) is 0 Å². The number of benzene rings is 2. The van der Waals surface area contributed by atoms with Crippen LogP contribution >= 0.6 is 15.9 Å². The average Bonchev–Trinajstić information content (AvgIpc) is 2.49. The predicted molar refractivity (Wildman–Crippen MR) is 84.4 cm³/mol. The molecule has 2 N–H and O–H groups in total. The van der Waals surface area contributed by atoms with Crippen molar-refractivity contribution in [2.24, 2.45) is 5.73 Å². The number of halogens is 2. The van der Waals surface area contributed by atoms with Crippen LogP contribution in [0, 0.1) is 12.7 Å². The van der Waals surface area contributed by atoms with E-state index in [-0.39, 0.29) is 5.82 Å². The molecule has 112 valence electrons. The highest BCUT2D eigenvalue weighted by atomic mass is 79.9. The molecule has 0 saturated carbocycles. The molecule has 0 bridgehead atoms. The van der Waals surface area contributed by atoms with E-state index in [1.54, 1.807) is 39.3 Å². The minimum atomic E-state index is -0.464. The van der Waals surface area contributed by atoms with E-state index in [0.717, 1.165) is 10.0 Å². The van der Waals surface area contributed by atoms with Crippen LogP contribution in [0.3, 0.4) is 0 Å². The van der Waals surface area contributed by atoms with Gasteiger partial charge in [0.1, 0.15) is 5.82 Å². The molecule has 0 spiro atoms. The van der Waals surface area contributed by atoms with Crippen LogP contribution in [0.25, 0.3) is 0 Å². The predicted octanol–water partition coefficient (Wildman–Crippen LogP) is 3.96. The van der Waals surface area contributed by atoms with Crippen LogP contribution in [0.5, 0.6) is 11.5 Å². The van der Waals surface area contributed by atoms with Crippen LogP contribution in [0.2, 0.25) is 0 Å². The number of nitrogens with two attached hydrogens (primary N) is 1. The normalized spacial score (nSPS) is 12.1. The lowest BCUT2D eigenvalue weighted by molar-refractivity contribution is 0.354. The molecular formula is C16H17BrFNO2. The van der Waals surface area contributed by atoms with Crippen molar-refractivity contribution in [1.82, 2.24) is 0 Å². The third kappa shape index (κ3) is 3.19. The molecule has 21 heavy (non-hydrogen) atoms. The molecule has 2 aromatic rings. The van der Waals surface area contributed by atoms with Gasteiger partial charge in [-0.25, -0.2) is 4.39 Å². The Hall–Kier alpha value is -1.59. The maximum Gasteiger partial charge on any atom is 0.161 e. The summed E-state index contributed by atoms with van der Waals surface area (Å²) in [7, 11) is 3.13. The Morgan fingerprint density at radius 3 is 2.29 bits per heavy atom. The molecule has 2 aromatic carbocycles.